The summed E-state index contributed by atoms with van der Waals surface area (Å²) in [5.74, 6) is 0. The summed E-state index contributed by atoms with van der Waals surface area (Å²) in [6.07, 6.45) is 0. The first-order valence-corrected chi connectivity index (χ1v) is 15.4. The van der Waals surface area contributed by atoms with Gasteiger partial charge in [-0.25, -0.2) is 0 Å². The van der Waals surface area contributed by atoms with Crippen molar-refractivity contribution in [2.45, 2.75) is 19.3 Å². The van der Waals surface area contributed by atoms with Crippen molar-refractivity contribution in [1.82, 2.24) is 0 Å². The van der Waals surface area contributed by atoms with E-state index in [1.54, 1.807) is 0 Å². The van der Waals surface area contributed by atoms with Crippen LogP contribution in [0.2, 0.25) is 0 Å². The van der Waals surface area contributed by atoms with E-state index in [4.69, 9.17) is 0 Å². The lowest BCUT2D eigenvalue weighted by Gasteiger charge is -2.38. The summed E-state index contributed by atoms with van der Waals surface area (Å²) in [6.45, 7) is 4.74. The van der Waals surface area contributed by atoms with Gasteiger partial charge in [0.15, 0.2) is 0 Å². The van der Waals surface area contributed by atoms with E-state index in [-0.39, 0.29) is 5.41 Å². The van der Waals surface area contributed by atoms with E-state index in [2.05, 4.69) is 183 Å². The van der Waals surface area contributed by atoms with Crippen LogP contribution in [0.4, 0.5) is 17.1 Å². The van der Waals surface area contributed by atoms with Crippen LogP contribution >= 0.6 is 0 Å². The summed E-state index contributed by atoms with van der Waals surface area (Å²) in [6, 6.07) is 59.6. The first kappa shape index (κ1) is 26.2. The van der Waals surface area contributed by atoms with E-state index >= 15 is 0 Å². The molecule has 0 aliphatic heterocycles. The molecule has 7 aromatic carbocycles. The number of rotatable bonds is 5. The van der Waals surface area contributed by atoms with Gasteiger partial charge in [0.1, 0.15) is 0 Å². The fourth-order valence-corrected chi connectivity index (χ4v) is 7.04. The van der Waals surface area contributed by atoms with Gasteiger partial charge in [0.25, 0.3) is 0 Å². The zero-order valence-corrected chi connectivity index (χ0v) is 25.0. The van der Waals surface area contributed by atoms with Gasteiger partial charge in [-0.05, 0) is 86.1 Å². The van der Waals surface area contributed by atoms with Gasteiger partial charge >= 0.3 is 0 Å². The first-order chi connectivity index (χ1) is 21.6. The third-order valence-corrected chi connectivity index (χ3v) is 9.25. The number of hydrogen-bond acceptors (Lipinski definition) is 1. The van der Waals surface area contributed by atoms with Crippen molar-refractivity contribution in [3.05, 3.63) is 175 Å². The minimum absolute atomic E-state index is 0.134. The zero-order chi connectivity index (χ0) is 29.7. The molecule has 0 radical (unpaired) electrons. The number of anilines is 3. The van der Waals surface area contributed by atoms with Crippen molar-refractivity contribution in [2.24, 2.45) is 0 Å². The molecule has 0 aromatic heterocycles. The lowest BCUT2D eigenvalue weighted by atomic mass is 9.67. The Balaban J connectivity index is 1.41. The molecule has 0 fully saturated rings. The van der Waals surface area contributed by atoms with Crippen LogP contribution in [0, 0.1) is 0 Å². The summed E-state index contributed by atoms with van der Waals surface area (Å²) in [5, 5.41) is 2.62. The SMILES string of the molecule is CC1(C)c2ccc(-c3ccccc3)cc2-c2c(N(c3ccccc3)c3ccc(-c4ccccc4)cc3)ccc3cccc1c23. The van der Waals surface area contributed by atoms with E-state index in [1.165, 1.54) is 61.0 Å². The van der Waals surface area contributed by atoms with Crippen LogP contribution < -0.4 is 4.90 Å². The Morgan fingerprint density at radius 1 is 0.432 bits per heavy atom. The van der Waals surface area contributed by atoms with E-state index in [0.717, 1.165) is 11.4 Å². The molecule has 0 saturated heterocycles. The van der Waals surface area contributed by atoms with Gasteiger partial charge in [-0.15, -0.1) is 0 Å². The molecule has 0 spiro atoms. The van der Waals surface area contributed by atoms with E-state index in [1.807, 2.05) is 0 Å². The molecular formula is C43H33N. The summed E-state index contributed by atoms with van der Waals surface area (Å²) < 4.78 is 0. The zero-order valence-electron chi connectivity index (χ0n) is 25.0. The molecule has 44 heavy (non-hydrogen) atoms. The Bertz CT molecular complexity index is 2110. The third kappa shape index (κ3) is 4.24. The molecule has 1 aliphatic carbocycles. The fourth-order valence-electron chi connectivity index (χ4n) is 7.04. The highest BCUT2D eigenvalue weighted by Crippen LogP contribution is 2.54. The quantitative estimate of drug-likeness (QED) is 0.201. The maximum absolute atomic E-state index is 2.43. The summed E-state index contributed by atoms with van der Waals surface area (Å²) in [7, 11) is 0. The number of para-hydroxylation sites is 1. The number of benzene rings is 7. The molecule has 7 aromatic rings. The van der Waals surface area contributed by atoms with Crippen molar-refractivity contribution in [3.63, 3.8) is 0 Å². The van der Waals surface area contributed by atoms with E-state index < -0.39 is 0 Å². The van der Waals surface area contributed by atoms with Crippen LogP contribution in [0.1, 0.15) is 25.0 Å². The molecule has 0 bridgehead atoms. The van der Waals surface area contributed by atoms with Gasteiger partial charge in [-0.2, -0.15) is 0 Å². The van der Waals surface area contributed by atoms with Crippen molar-refractivity contribution in [1.29, 1.82) is 0 Å². The van der Waals surface area contributed by atoms with Gasteiger partial charge < -0.3 is 4.90 Å². The van der Waals surface area contributed by atoms with Crippen molar-refractivity contribution >= 4 is 27.8 Å². The van der Waals surface area contributed by atoms with Gasteiger partial charge in [0.2, 0.25) is 0 Å². The number of nitrogens with zero attached hydrogens (tertiary/aromatic N) is 1. The maximum Gasteiger partial charge on any atom is 0.0546 e. The summed E-state index contributed by atoms with van der Waals surface area (Å²) in [4.78, 5) is 2.43. The van der Waals surface area contributed by atoms with Crippen molar-refractivity contribution < 1.29 is 0 Å². The molecule has 210 valence electrons. The molecule has 1 nitrogen and oxygen atoms in total. The Kier molecular flexibility index (Phi) is 6.20. The first-order valence-electron chi connectivity index (χ1n) is 15.4. The lowest BCUT2D eigenvalue weighted by Crippen LogP contribution is -2.24. The van der Waals surface area contributed by atoms with Crippen LogP contribution in [-0.2, 0) is 5.41 Å². The molecule has 0 saturated carbocycles. The molecule has 0 N–H and O–H groups in total. The highest BCUT2D eigenvalue weighted by Gasteiger charge is 2.35. The summed E-state index contributed by atoms with van der Waals surface area (Å²) >= 11 is 0. The normalized spacial score (nSPS) is 13.0. The molecule has 1 aliphatic rings. The van der Waals surface area contributed by atoms with Crippen LogP contribution in [0.5, 0.6) is 0 Å². The second kappa shape index (κ2) is 10.4. The topological polar surface area (TPSA) is 3.24 Å². The third-order valence-electron chi connectivity index (χ3n) is 9.25. The average Bonchev–Trinajstić information content (AvgIpc) is 3.09. The Morgan fingerprint density at radius 3 is 1.68 bits per heavy atom. The highest BCUT2D eigenvalue weighted by molar-refractivity contribution is 6.10. The molecule has 0 heterocycles. The van der Waals surface area contributed by atoms with E-state index in [9.17, 15) is 0 Å². The van der Waals surface area contributed by atoms with Crippen LogP contribution in [0.3, 0.4) is 0 Å². The second-order valence-electron chi connectivity index (χ2n) is 12.2. The smallest absolute Gasteiger partial charge is 0.0546 e. The fraction of sp³-hybridized carbons (Fsp3) is 0.0698. The molecule has 0 unspecified atom stereocenters. The average molecular weight is 564 g/mol. The van der Waals surface area contributed by atoms with Gasteiger partial charge in [-0.3, -0.25) is 0 Å². The largest absolute Gasteiger partial charge is 0.310 e. The van der Waals surface area contributed by atoms with Crippen LogP contribution in [-0.4, -0.2) is 0 Å². The lowest BCUT2D eigenvalue weighted by molar-refractivity contribution is 0.645. The van der Waals surface area contributed by atoms with Gasteiger partial charge in [-0.1, -0.05) is 141 Å². The molecular weight excluding hydrogens is 530 g/mol. The second-order valence-corrected chi connectivity index (χ2v) is 12.2. The standard InChI is InChI=1S/C43H33N/c1-43(2)38-27-23-34(31-15-8-4-9-16-31)29-37(38)42-40(28-24-33-17-12-20-39(43)41(33)42)44(35-18-10-5-11-19-35)36-25-21-32(22-26-36)30-13-6-3-7-14-30/h3-29H,1-2H3. The number of fused-ring (bicyclic) bond motifs is 2. The van der Waals surface area contributed by atoms with E-state index in [0.29, 0.717) is 0 Å². The molecule has 8 rings (SSSR count). The summed E-state index contributed by atoms with van der Waals surface area (Å²) in [5.41, 5.74) is 13.6. The van der Waals surface area contributed by atoms with Crippen LogP contribution in [0.15, 0.2) is 164 Å². The number of hydrogen-bond donors (Lipinski definition) is 0. The van der Waals surface area contributed by atoms with Crippen molar-refractivity contribution in [2.75, 3.05) is 4.90 Å². The Morgan fingerprint density at radius 2 is 1.00 bits per heavy atom. The minimum Gasteiger partial charge on any atom is -0.310 e. The van der Waals surface area contributed by atoms with Gasteiger partial charge in [0.05, 0.1) is 5.69 Å². The van der Waals surface area contributed by atoms with Crippen molar-refractivity contribution in [3.8, 4) is 33.4 Å². The predicted octanol–water partition coefficient (Wildman–Crippen LogP) is 11.9. The Hall–Kier alpha value is -5.40. The Labute approximate surface area is 259 Å². The predicted molar refractivity (Wildman–Crippen MR) is 187 cm³/mol. The maximum atomic E-state index is 2.43. The highest BCUT2D eigenvalue weighted by atomic mass is 15.1. The minimum atomic E-state index is -0.134. The molecule has 0 atom stereocenters. The monoisotopic (exact) mass is 563 g/mol. The van der Waals surface area contributed by atoms with Gasteiger partial charge in [0, 0.05) is 22.4 Å². The molecule has 0 amide bonds. The van der Waals surface area contributed by atoms with Crippen LogP contribution in [0.25, 0.3) is 44.2 Å². The molecule has 1 heteroatoms.